The van der Waals surface area contributed by atoms with Crippen LogP contribution in [-0.4, -0.2) is 50.0 Å². The van der Waals surface area contributed by atoms with E-state index in [9.17, 15) is 0 Å². The van der Waals surface area contributed by atoms with Gasteiger partial charge in [-0.25, -0.2) is 4.98 Å². The summed E-state index contributed by atoms with van der Waals surface area (Å²) in [7, 11) is 0. The van der Waals surface area contributed by atoms with E-state index >= 15 is 0 Å². The minimum atomic E-state index is 0.433. The van der Waals surface area contributed by atoms with E-state index < -0.39 is 0 Å². The summed E-state index contributed by atoms with van der Waals surface area (Å²) in [6.07, 6.45) is 8.77. The number of fused-ring (bicyclic) bond motifs is 1. The second kappa shape index (κ2) is 9.62. The van der Waals surface area contributed by atoms with Crippen molar-refractivity contribution in [3.8, 4) is 0 Å². The maximum Gasteiger partial charge on any atom is 0.171 e. The van der Waals surface area contributed by atoms with E-state index in [2.05, 4.69) is 53.8 Å². The van der Waals surface area contributed by atoms with Crippen LogP contribution < -0.4 is 5.32 Å². The quantitative estimate of drug-likeness (QED) is 0.257. The lowest BCUT2D eigenvalue weighted by Crippen LogP contribution is -2.29. The molecule has 0 bridgehead atoms. The van der Waals surface area contributed by atoms with Crippen molar-refractivity contribution in [2.24, 2.45) is 0 Å². The monoisotopic (exact) mass is 416 g/mol. The van der Waals surface area contributed by atoms with Gasteiger partial charge in [-0.3, -0.25) is 4.31 Å². The van der Waals surface area contributed by atoms with Crippen LogP contribution >= 0.6 is 24.6 Å². The molecule has 1 aliphatic rings. The highest BCUT2D eigenvalue weighted by Gasteiger charge is 2.24. The first-order valence-corrected chi connectivity index (χ1v) is 10.9. The third kappa shape index (κ3) is 4.98. The molecule has 0 atom stereocenters. The summed E-state index contributed by atoms with van der Waals surface area (Å²) in [6.45, 7) is 10.9. The minimum Gasteiger partial charge on any atom is -0.366 e. The van der Waals surface area contributed by atoms with Gasteiger partial charge in [-0.2, -0.15) is 9.61 Å². The van der Waals surface area contributed by atoms with E-state index in [1.165, 1.54) is 6.21 Å². The molecule has 1 fully saturated rings. The Hall–Kier alpha value is -1.77. The molecule has 0 aliphatic carbocycles. The SMILES string of the molecule is C=C/C=C(\C=N)CNc1cc(C2CCN(SC(C)C)CC2)nc2c(S)cnn12. The number of aromatic nitrogens is 3. The van der Waals surface area contributed by atoms with Crippen LogP contribution in [0.5, 0.6) is 0 Å². The lowest BCUT2D eigenvalue weighted by Gasteiger charge is -2.31. The Balaban J connectivity index is 1.82. The summed E-state index contributed by atoms with van der Waals surface area (Å²) in [5, 5.41) is 16.0. The molecular weight excluding hydrogens is 388 g/mol. The number of hydrogen-bond acceptors (Lipinski definition) is 7. The number of piperidine rings is 1. The average molecular weight is 417 g/mol. The van der Waals surface area contributed by atoms with Gasteiger partial charge in [0.2, 0.25) is 0 Å². The van der Waals surface area contributed by atoms with E-state index in [-0.39, 0.29) is 0 Å². The molecule has 0 spiro atoms. The van der Waals surface area contributed by atoms with Crippen LogP contribution in [0.1, 0.15) is 38.3 Å². The van der Waals surface area contributed by atoms with Gasteiger partial charge in [0.15, 0.2) is 5.65 Å². The zero-order valence-electron chi connectivity index (χ0n) is 16.4. The molecule has 0 amide bonds. The number of nitrogens with one attached hydrogen (secondary N) is 2. The van der Waals surface area contributed by atoms with Crippen molar-refractivity contribution in [1.29, 1.82) is 5.41 Å². The van der Waals surface area contributed by atoms with Gasteiger partial charge in [0.05, 0.1) is 11.1 Å². The number of anilines is 1. The molecule has 3 rings (SSSR count). The van der Waals surface area contributed by atoms with Crippen LogP contribution in [0.25, 0.3) is 5.65 Å². The standard InChI is InChI=1S/C20H28N6S2/c1-4-5-15(11-21)12-22-19-10-17(24-20-18(27)13-23-26(19)20)16-6-8-25(9-7-16)28-14(2)3/h4-5,10-11,13-14,16,21-22,27H,1,6-9,12H2,2-3H3/b15-5+,21-11?. The summed E-state index contributed by atoms with van der Waals surface area (Å²) in [5.74, 6) is 1.30. The molecule has 2 aromatic rings. The van der Waals surface area contributed by atoms with Gasteiger partial charge in [0.1, 0.15) is 5.82 Å². The number of hydrogen-bond donors (Lipinski definition) is 3. The first kappa shape index (κ1) is 21.0. The van der Waals surface area contributed by atoms with E-state index in [0.717, 1.165) is 53.6 Å². The summed E-state index contributed by atoms with van der Waals surface area (Å²) in [4.78, 5) is 5.64. The lowest BCUT2D eigenvalue weighted by atomic mass is 9.94. The summed E-state index contributed by atoms with van der Waals surface area (Å²) < 4.78 is 4.25. The van der Waals surface area contributed by atoms with Gasteiger partial charge in [0.25, 0.3) is 0 Å². The maximum absolute atomic E-state index is 7.53. The number of thiol groups is 1. The van der Waals surface area contributed by atoms with Crippen LogP contribution in [0.4, 0.5) is 5.82 Å². The third-order valence-electron chi connectivity index (χ3n) is 4.70. The smallest absolute Gasteiger partial charge is 0.171 e. The Labute approximate surface area is 176 Å². The molecule has 1 aliphatic heterocycles. The predicted octanol–water partition coefficient (Wildman–Crippen LogP) is 4.43. The molecule has 0 saturated carbocycles. The fraction of sp³-hybridized carbons (Fsp3) is 0.450. The van der Waals surface area contributed by atoms with E-state index in [1.807, 2.05) is 18.0 Å². The van der Waals surface area contributed by atoms with Crippen LogP contribution in [0, 0.1) is 5.41 Å². The maximum atomic E-state index is 7.53. The number of nitrogens with zero attached hydrogens (tertiary/aromatic N) is 4. The molecule has 0 unspecified atom stereocenters. The molecule has 2 aromatic heterocycles. The van der Waals surface area contributed by atoms with E-state index in [4.69, 9.17) is 10.4 Å². The second-order valence-corrected chi connectivity index (χ2v) is 9.32. The van der Waals surface area contributed by atoms with Gasteiger partial charge < -0.3 is 10.7 Å². The fourth-order valence-corrected chi connectivity index (χ4v) is 4.58. The topological polar surface area (TPSA) is 69.3 Å². The molecule has 0 aromatic carbocycles. The molecular formula is C20H28N6S2. The molecule has 0 radical (unpaired) electrons. The van der Waals surface area contributed by atoms with E-state index in [1.54, 1.807) is 16.8 Å². The van der Waals surface area contributed by atoms with Crippen LogP contribution in [0.3, 0.4) is 0 Å². The van der Waals surface area contributed by atoms with Crippen LogP contribution in [0.15, 0.2) is 41.5 Å². The predicted molar refractivity (Wildman–Crippen MR) is 122 cm³/mol. The third-order valence-corrected chi connectivity index (χ3v) is 6.10. The van der Waals surface area contributed by atoms with Gasteiger partial charge in [-0.05, 0) is 18.4 Å². The molecule has 28 heavy (non-hydrogen) atoms. The van der Waals surface area contributed by atoms with Crippen molar-refractivity contribution >= 4 is 42.3 Å². The van der Waals surface area contributed by atoms with Crippen molar-refractivity contribution < 1.29 is 0 Å². The summed E-state index contributed by atoms with van der Waals surface area (Å²) >= 11 is 6.47. The number of allylic oxidation sites excluding steroid dienone is 2. The highest BCUT2D eigenvalue weighted by atomic mass is 32.2. The fourth-order valence-electron chi connectivity index (χ4n) is 3.36. The van der Waals surface area contributed by atoms with Crippen molar-refractivity contribution in [2.45, 2.75) is 42.8 Å². The summed E-state index contributed by atoms with van der Waals surface area (Å²) in [5.41, 5.74) is 2.70. The van der Waals surface area contributed by atoms with Crippen LogP contribution in [0.2, 0.25) is 0 Å². The molecule has 8 heteroatoms. The van der Waals surface area contributed by atoms with Crippen molar-refractivity contribution in [3.63, 3.8) is 0 Å². The normalized spacial score (nSPS) is 16.6. The lowest BCUT2D eigenvalue weighted by molar-refractivity contribution is 0.341. The Morgan fingerprint density at radius 3 is 2.86 bits per heavy atom. The molecule has 2 N–H and O–H groups in total. The first-order chi connectivity index (χ1) is 13.5. The number of rotatable bonds is 8. The zero-order chi connectivity index (χ0) is 20.1. The Kier molecular flexibility index (Phi) is 7.20. The first-order valence-electron chi connectivity index (χ1n) is 9.57. The summed E-state index contributed by atoms with van der Waals surface area (Å²) in [6, 6.07) is 2.10. The van der Waals surface area contributed by atoms with Crippen LogP contribution in [-0.2, 0) is 0 Å². The van der Waals surface area contributed by atoms with Crippen molar-refractivity contribution in [2.75, 3.05) is 25.0 Å². The molecule has 150 valence electrons. The Bertz CT molecular complexity index is 865. The average Bonchev–Trinajstić information content (AvgIpc) is 3.06. The van der Waals surface area contributed by atoms with Gasteiger partial charge >= 0.3 is 0 Å². The Morgan fingerprint density at radius 1 is 1.46 bits per heavy atom. The van der Waals surface area contributed by atoms with Crippen molar-refractivity contribution in [3.05, 3.63) is 42.3 Å². The molecule has 1 saturated heterocycles. The van der Waals surface area contributed by atoms with Gasteiger partial charge in [0, 0.05) is 48.8 Å². The molecule has 3 heterocycles. The highest BCUT2D eigenvalue weighted by molar-refractivity contribution is 7.97. The second-order valence-electron chi connectivity index (χ2n) is 7.16. The largest absolute Gasteiger partial charge is 0.366 e. The van der Waals surface area contributed by atoms with Gasteiger partial charge in [-0.1, -0.05) is 44.5 Å². The van der Waals surface area contributed by atoms with E-state index in [0.29, 0.717) is 17.7 Å². The highest BCUT2D eigenvalue weighted by Crippen LogP contribution is 2.32. The minimum absolute atomic E-state index is 0.433. The Morgan fingerprint density at radius 2 is 2.21 bits per heavy atom. The van der Waals surface area contributed by atoms with Crippen molar-refractivity contribution in [1.82, 2.24) is 18.9 Å². The van der Waals surface area contributed by atoms with Gasteiger partial charge in [-0.15, -0.1) is 12.6 Å². The molecule has 6 nitrogen and oxygen atoms in total. The zero-order valence-corrected chi connectivity index (χ0v) is 18.1.